The summed E-state index contributed by atoms with van der Waals surface area (Å²) in [6.45, 7) is 6.30. The van der Waals surface area contributed by atoms with Crippen LogP contribution in [0.5, 0.6) is 0 Å². The third-order valence-corrected chi connectivity index (χ3v) is 2.86. The van der Waals surface area contributed by atoms with Gasteiger partial charge in [0.25, 0.3) is 0 Å². The molecule has 0 fully saturated rings. The Morgan fingerprint density at radius 3 is 2.86 bits per heavy atom. The van der Waals surface area contributed by atoms with Crippen molar-refractivity contribution in [2.75, 3.05) is 6.54 Å². The van der Waals surface area contributed by atoms with Crippen molar-refractivity contribution >= 4 is 21.8 Å². The normalized spacial score (nSPS) is 12.6. The molecule has 1 rings (SSSR count). The van der Waals surface area contributed by atoms with Crippen molar-refractivity contribution in [3.63, 3.8) is 0 Å². The largest absolute Gasteiger partial charge is 0.355 e. The number of rotatable bonds is 3. The molecule has 1 unspecified atom stereocenters. The predicted octanol–water partition coefficient (Wildman–Crippen LogP) is 1.65. The SMILES string of the molecule is CCNC(=O)C(C)n1ncc(Br)c1C. The van der Waals surface area contributed by atoms with E-state index in [1.807, 2.05) is 20.8 Å². The van der Waals surface area contributed by atoms with Crippen molar-refractivity contribution < 1.29 is 4.79 Å². The lowest BCUT2D eigenvalue weighted by Crippen LogP contribution is -2.31. The quantitative estimate of drug-likeness (QED) is 0.898. The molecule has 1 atom stereocenters. The first-order valence-corrected chi connectivity index (χ1v) is 5.34. The van der Waals surface area contributed by atoms with Gasteiger partial charge in [-0.25, -0.2) is 0 Å². The van der Waals surface area contributed by atoms with Crippen LogP contribution in [0.3, 0.4) is 0 Å². The van der Waals surface area contributed by atoms with Gasteiger partial charge in [-0.15, -0.1) is 0 Å². The number of carbonyl (C=O) groups excluding carboxylic acids is 1. The molecular formula is C9H14BrN3O. The van der Waals surface area contributed by atoms with Crippen LogP contribution in [-0.4, -0.2) is 22.2 Å². The van der Waals surface area contributed by atoms with Crippen LogP contribution in [0.2, 0.25) is 0 Å². The Hall–Kier alpha value is -0.840. The molecule has 0 bridgehead atoms. The summed E-state index contributed by atoms with van der Waals surface area (Å²) < 4.78 is 2.63. The molecule has 0 aliphatic carbocycles. The van der Waals surface area contributed by atoms with Gasteiger partial charge in [-0.1, -0.05) is 0 Å². The van der Waals surface area contributed by atoms with Gasteiger partial charge in [0, 0.05) is 6.54 Å². The summed E-state index contributed by atoms with van der Waals surface area (Å²) in [5, 5.41) is 6.89. The molecule has 0 aromatic carbocycles. The third-order valence-electron chi connectivity index (χ3n) is 2.08. The molecule has 1 N–H and O–H groups in total. The van der Waals surface area contributed by atoms with E-state index in [0.717, 1.165) is 10.2 Å². The van der Waals surface area contributed by atoms with Gasteiger partial charge in [0.05, 0.1) is 16.4 Å². The fourth-order valence-corrected chi connectivity index (χ4v) is 1.50. The summed E-state index contributed by atoms with van der Waals surface area (Å²) in [5.41, 5.74) is 0.962. The van der Waals surface area contributed by atoms with E-state index < -0.39 is 0 Å². The van der Waals surface area contributed by atoms with Gasteiger partial charge in [0.15, 0.2) is 0 Å². The summed E-state index contributed by atoms with van der Waals surface area (Å²) in [5.74, 6) is -0.00815. The summed E-state index contributed by atoms with van der Waals surface area (Å²) >= 11 is 3.36. The minimum atomic E-state index is -0.263. The Kier molecular flexibility index (Phi) is 3.69. The van der Waals surface area contributed by atoms with Crippen molar-refractivity contribution in [2.24, 2.45) is 0 Å². The molecule has 1 aromatic heterocycles. The topological polar surface area (TPSA) is 46.9 Å². The molecule has 14 heavy (non-hydrogen) atoms. The first kappa shape index (κ1) is 11.2. The number of hydrogen-bond donors (Lipinski definition) is 1. The number of amides is 1. The highest BCUT2D eigenvalue weighted by atomic mass is 79.9. The van der Waals surface area contributed by atoms with E-state index >= 15 is 0 Å². The lowest BCUT2D eigenvalue weighted by molar-refractivity contribution is -0.124. The van der Waals surface area contributed by atoms with Gasteiger partial charge < -0.3 is 5.32 Å². The van der Waals surface area contributed by atoms with E-state index in [-0.39, 0.29) is 11.9 Å². The van der Waals surface area contributed by atoms with Crippen LogP contribution < -0.4 is 5.32 Å². The molecule has 78 valence electrons. The van der Waals surface area contributed by atoms with Crippen molar-refractivity contribution in [1.82, 2.24) is 15.1 Å². The molecule has 4 nitrogen and oxygen atoms in total. The zero-order chi connectivity index (χ0) is 10.7. The predicted molar refractivity (Wildman–Crippen MR) is 58.1 cm³/mol. The lowest BCUT2D eigenvalue weighted by Gasteiger charge is -2.13. The van der Waals surface area contributed by atoms with Gasteiger partial charge >= 0.3 is 0 Å². The highest BCUT2D eigenvalue weighted by Gasteiger charge is 2.17. The van der Waals surface area contributed by atoms with E-state index in [1.165, 1.54) is 0 Å². The van der Waals surface area contributed by atoms with Crippen LogP contribution in [0, 0.1) is 6.92 Å². The summed E-state index contributed by atoms with van der Waals surface area (Å²) in [7, 11) is 0. The van der Waals surface area contributed by atoms with Gasteiger partial charge in [0.2, 0.25) is 5.91 Å². The number of carbonyl (C=O) groups is 1. The van der Waals surface area contributed by atoms with Gasteiger partial charge in [-0.3, -0.25) is 9.48 Å². The molecule has 0 spiro atoms. The zero-order valence-electron chi connectivity index (χ0n) is 8.54. The third kappa shape index (κ3) is 2.15. The Balaban J connectivity index is 2.83. The monoisotopic (exact) mass is 259 g/mol. The van der Waals surface area contributed by atoms with Gasteiger partial charge in [-0.2, -0.15) is 5.10 Å². The van der Waals surface area contributed by atoms with Crippen molar-refractivity contribution in [2.45, 2.75) is 26.8 Å². The van der Waals surface area contributed by atoms with Crippen LogP contribution in [0.25, 0.3) is 0 Å². The number of hydrogen-bond acceptors (Lipinski definition) is 2. The Morgan fingerprint density at radius 2 is 2.43 bits per heavy atom. The average molecular weight is 260 g/mol. The summed E-state index contributed by atoms with van der Waals surface area (Å²) in [6.07, 6.45) is 1.70. The van der Waals surface area contributed by atoms with Crippen LogP contribution in [0.15, 0.2) is 10.7 Å². The Morgan fingerprint density at radius 1 is 1.79 bits per heavy atom. The zero-order valence-corrected chi connectivity index (χ0v) is 10.1. The fraction of sp³-hybridized carbons (Fsp3) is 0.556. The molecular weight excluding hydrogens is 246 g/mol. The van der Waals surface area contributed by atoms with E-state index in [1.54, 1.807) is 10.9 Å². The summed E-state index contributed by atoms with van der Waals surface area (Å²) in [6, 6.07) is -0.263. The van der Waals surface area contributed by atoms with E-state index in [0.29, 0.717) is 6.54 Å². The Bertz CT molecular complexity index is 335. The molecule has 0 radical (unpaired) electrons. The average Bonchev–Trinajstić information content (AvgIpc) is 2.47. The number of halogens is 1. The molecule has 0 aliphatic rings. The number of likely N-dealkylation sites (N-methyl/N-ethyl adjacent to an activating group) is 1. The van der Waals surface area contributed by atoms with Crippen molar-refractivity contribution in [3.8, 4) is 0 Å². The van der Waals surface area contributed by atoms with Crippen molar-refractivity contribution in [3.05, 3.63) is 16.4 Å². The smallest absolute Gasteiger partial charge is 0.244 e. The molecule has 0 saturated carbocycles. The molecule has 0 aliphatic heterocycles. The van der Waals surface area contributed by atoms with E-state index in [4.69, 9.17) is 0 Å². The standard InChI is InChI=1S/C9H14BrN3O/c1-4-11-9(14)7(3)13-6(2)8(10)5-12-13/h5,7H,4H2,1-3H3,(H,11,14). The lowest BCUT2D eigenvalue weighted by atomic mass is 10.3. The van der Waals surface area contributed by atoms with Gasteiger partial charge in [-0.05, 0) is 36.7 Å². The highest BCUT2D eigenvalue weighted by molar-refractivity contribution is 9.10. The molecule has 1 amide bonds. The van der Waals surface area contributed by atoms with Crippen LogP contribution in [-0.2, 0) is 4.79 Å². The summed E-state index contributed by atoms with van der Waals surface area (Å²) in [4.78, 5) is 11.5. The highest BCUT2D eigenvalue weighted by Crippen LogP contribution is 2.18. The van der Waals surface area contributed by atoms with E-state index in [2.05, 4.69) is 26.3 Å². The minimum Gasteiger partial charge on any atom is -0.355 e. The minimum absolute atomic E-state index is 0.00815. The maximum Gasteiger partial charge on any atom is 0.244 e. The van der Waals surface area contributed by atoms with Gasteiger partial charge in [0.1, 0.15) is 6.04 Å². The van der Waals surface area contributed by atoms with Crippen LogP contribution in [0.1, 0.15) is 25.6 Å². The number of nitrogens with one attached hydrogen (secondary N) is 1. The van der Waals surface area contributed by atoms with Crippen LogP contribution in [0.4, 0.5) is 0 Å². The van der Waals surface area contributed by atoms with E-state index in [9.17, 15) is 4.79 Å². The second-order valence-corrected chi connectivity index (χ2v) is 3.95. The first-order chi connectivity index (χ1) is 6.57. The van der Waals surface area contributed by atoms with Crippen LogP contribution >= 0.6 is 15.9 Å². The maximum absolute atomic E-state index is 11.5. The van der Waals surface area contributed by atoms with Crippen molar-refractivity contribution in [1.29, 1.82) is 0 Å². The molecule has 5 heteroatoms. The number of aromatic nitrogens is 2. The molecule has 0 saturated heterocycles. The second kappa shape index (κ2) is 4.59. The second-order valence-electron chi connectivity index (χ2n) is 3.09. The fourth-order valence-electron chi connectivity index (χ4n) is 1.23. The first-order valence-electron chi connectivity index (χ1n) is 4.55. The maximum atomic E-state index is 11.5. The number of nitrogens with zero attached hydrogens (tertiary/aromatic N) is 2. The molecule has 1 aromatic rings. The Labute approximate surface area is 91.8 Å². The molecule has 1 heterocycles.